The largest absolute Gasteiger partial charge is 0.497 e. The Bertz CT molecular complexity index is 781. The number of benzene rings is 2. The molecule has 0 saturated carbocycles. The summed E-state index contributed by atoms with van der Waals surface area (Å²) in [7, 11) is 3.94. The molecule has 2 N–H and O–H groups in total. The fourth-order valence-corrected chi connectivity index (χ4v) is 3.59. The summed E-state index contributed by atoms with van der Waals surface area (Å²) in [6.07, 6.45) is 0. The third-order valence-corrected chi connectivity index (χ3v) is 5.44. The van der Waals surface area contributed by atoms with Crippen molar-refractivity contribution in [3.8, 4) is 11.5 Å². The van der Waals surface area contributed by atoms with Gasteiger partial charge in [-0.3, -0.25) is 9.20 Å². The Hall–Kier alpha value is -2.54. The molecule has 0 heterocycles. The van der Waals surface area contributed by atoms with Gasteiger partial charge in [-0.1, -0.05) is 18.2 Å². The van der Waals surface area contributed by atoms with Crippen LogP contribution in [0.5, 0.6) is 11.5 Å². The van der Waals surface area contributed by atoms with Crippen LogP contribution in [0.2, 0.25) is 0 Å². The van der Waals surface area contributed by atoms with Crippen molar-refractivity contribution in [2.45, 2.75) is 17.9 Å². The van der Waals surface area contributed by atoms with E-state index in [0.717, 1.165) is 22.0 Å². The number of ether oxygens (including phenoxy) is 2. The van der Waals surface area contributed by atoms with Gasteiger partial charge in [0.2, 0.25) is 0 Å². The molecule has 2 unspecified atom stereocenters. The van der Waals surface area contributed by atoms with E-state index in [-0.39, 0.29) is 6.04 Å². The van der Waals surface area contributed by atoms with Crippen LogP contribution >= 0.6 is 0 Å². The maximum Gasteiger partial charge on any atom is 0.191 e. The van der Waals surface area contributed by atoms with E-state index in [1.807, 2.05) is 55.5 Å². The first kappa shape index (κ1) is 20.8. The fourth-order valence-electron chi connectivity index (χ4n) is 2.61. The molecule has 0 radical (unpaired) electrons. The van der Waals surface area contributed by atoms with Gasteiger partial charge in [-0.15, -0.1) is 0 Å². The van der Waals surface area contributed by atoms with Gasteiger partial charge in [0.1, 0.15) is 11.5 Å². The van der Waals surface area contributed by atoms with Gasteiger partial charge in [0.25, 0.3) is 0 Å². The highest BCUT2D eigenvalue weighted by atomic mass is 32.2. The zero-order valence-electron chi connectivity index (χ0n) is 16.2. The highest BCUT2D eigenvalue weighted by molar-refractivity contribution is 7.85. The maximum absolute atomic E-state index is 12.3. The average Bonchev–Trinajstić information content (AvgIpc) is 2.72. The Balaban J connectivity index is 1.94. The van der Waals surface area contributed by atoms with Gasteiger partial charge in [0, 0.05) is 29.8 Å². The molecule has 2 atom stereocenters. The van der Waals surface area contributed by atoms with Crippen LogP contribution in [-0.4, -0.2) is 43.7 Å². The van der Waals surface area contributed by atoms with Crippen molar-refractivity contribution >= 4 is 16.8 Å². The predicted octanol–water partition coefficient (Wildman–Crippen LogP) is 2.74. The van der Waals surface area contributed by atoms with Crippen LogP contribution in [0.4, 0.5) is 0 Å². The van der Waals surface area contributed by atoms with Crippen molar-refractivity contribution in [2.75, 3.05) is 33.6 Å². The molecular weight excluding hydrogens is 362 g/mol. The van der Waals surface area contributed by atoms with Crippen molar-refractivity contribution in [1.29, 1.82) is 0 Å². The summed E-state index contributed by atoms with van der Waals surface area (Å²) < 4.78 is 23.0. The summed E-state index contributed by atoms with van der Waals surface area (Å²) in [5.74, 6) is 2.68. The molecule has 0 fully saturated rings. The molecule has 6 nitrogen and oxygen atoms in total. The van der Waals surface area contributed by atoms with Crippen molar-refractivity contribution in [2.24, 2.45) is 4.99 Å². The van der Waals surface area contributed by atoms with E-state index in [9.17, 15) is 4.21 Å². The molecule has 0 aliphatic carbocycles. The number of guanidine groups is 1. The molecular formula is C20H27N3O3S. The SMILES string of the molecule is CN=C(NCCS(=O)c1ccccc1)NC(C)c1cc(OC)ccc1OC. The van der Waals surface area contributed by atoms with Crippen LogP contribution in [0.1, 0.15) is 18.5 Å². The van der Waals surface area contributed by atoms with Gasteiger partial charge >= 0.3 is 0 Å². The van der Waals surface area contributed by atoms with Crippen LogP contribution in [-0.2, 0) is 10.8 Å². The molecule has 0 aliphatic heterocycles. The van der Waals surface area contributed by atoms with E-state index >= 15 is 0 Å². The quantitative estimate of drug-likeness (QED) is 0.537. The van der Waals surface area contributed by atoms with E-state index < -0.39 is 10.8 Å². The number of hydrogen-bond acceptors (Lipinski definition) is 4. The summed E-state index contributed by atoms with van der Waals surface area (Å²) in [6, 6.07) is 15.1. The molecule has 0 aliphatic rings. The summed E-state index contributed by atoms with van der Waals surface area (Å²) >= 11 is 0. The van der Waals surface area contributed by atoms with Gasteiger partial charge in [-0.25, -0.2) is 0 Å². The van der Waals surface area contributed by atoms with E-state index in [2.05, 4.69) is 15.6 Å². The zero-order chi connectivity index (χ0) is 19.6. The van der Waals surface area contributed by atoms with Gasteiger partial charge in [0.05, 0.1) is 31.1 Å². The topological polar surface area (TPSA) is 72.0 Å². The molecule has 0 bridgehead atoms. The molecule has 146 valence electrons. The van der Waals surface area contributed by atoms with Crippen LogP contribution < -0.4 is 20.1 Å². The number of nitrogens with one attached hydrogen (secondary N) is 2. The summed E-state index contributed by atoms with van der Waals surface area (Å²) in [5.41, 5.74) is 0.965. The normalized spacial score (nSPS) is 13.6. The minimum Gasteiger partial charge on any atom is -0.497 e. The van der Waals surface area contributed by atoms with Crippen LogP contribution in [0.3, 0.4) is 0 Å². The van der Waals surface area contributed by atoms with Gasteiger partial charge < -0.3 is 20.1 Å². The molecule has 0 saturated heterocycles. The summed E-state index contributed by atoms with van der Waals surface area (Å²) in [4.78, 5) is 5.07. The Morgan fingerprint density at radius 2 is 1.89 bits per heavy atom. The Morgan fingerprint density at radius 1 is 1.15 bits per heavy atom. The average molecular weight is 390 g/mol. The standard InChI is InChI=1S/C20H27N3O3S/c1-15(18-14-16(25-3)10-11-19(18)26-4)23-20(21-2)22-12-13-27(24)17-8-6-5-7-9-17/h5-11,14-15H,12-13H2,1-4H3,(H2,21,22,23). The molecule has 0 spiro atoms. The lowest BCUT2D eigenvalue weighted by molar-refractivity contribution is 0.394. The van der Waals surface area contributed by atoms with Crippen molar-refractivity contribution in [3.63, 3.8) is 0 Å². The first-order valence-electron chi connectivity index (χ1n) is 8.71. The van der Waals surface area contributed by atoms with Crippen molar-refractivity contribution in [1.82, 2.24) is 10.6 Å². The first-order chi connectivity index (χ1) is 13.1. The van der Waals surface area contributed by atoms with Gasteiger partial charge in [-0.2, -0.15) is 0 Å². The van der Waals surface area contributed by atoms with Gasteiger partial charge in [0.15, 0.2) is 5.96 Å². The van der Waals surface area contributed by atoms with Crippen molar-refractivity contribution < 1.29 is 13.7 Å². The molecule has 2 aromatic carbocycles. The van der Waals surface area contributed by atoms with Crippen LogP contribution in [0, 0.1) is 0 Å². The van der Waals surface area contributed by atoms with E-state index in [0.29, 0.717) is 18.3 Å². The molecule has 27 heavy (non-hydrogen) atoms. The monoisotopic (exact) mass is 389 g/mol. The number of aliphatic imine (C=N–C) groups is 1. The Kier molecular flexibility index (Phi) is 8.13. The highest BCUT2D eigenvalue weighted by Crippen LogP contribution is 2.29. The van der Waals surface area contributed by atoms with Crippen LogP contribution in [0.15, 0.2) is 58.4 Å². The van der Waals surface area contributed by atoms with Crippen LogP contribution in [0.25, 0.3) is 0 Å². The number of methoxy groups -OCH3 is 2. The lowest BCUT2D eigenvalue weighted by Gasteiger charge is -2.20. The lowest BCUT2D eigenvalue weighted by atomic mass is 10.1. The first-order valence-corrected chi connectivity index (χ1v) is 10.0. The minimum atomic E-state index is -1.04. The summed E-state index contributed by atoms with van der Waals surface area (Å²) in [5, 5.41) is 6.54. The molecule has 2 aromatic rings. The minimum absolute atomic E-state index is 0.0547. The fraction of sp³-hybridized carbons (Fsp3) is 0.350. The Morgan fingerprint density at radius 3 is 2.52 bits per heavy atom. The predicted molar refractivity (Wildman–Crippen MR) is 110 cm³/mol. The molecule has 0 aromatic heterocycles. The Labute approximate surface area is 163 Å². The second-order valence-electron chi connectivity index (χ2n) is 5.84. The summed E-state index contributed by atoms with van der Waals surface area (Å²) in [6.45, 7) is 2.56. The van der Waals surface area contributed by atoms with Gasteiger partial charge in [-0.05, 0) is 37.3 Å². The van der Waals surface area contributed by atoms with E-state index in [1.54, 1.807) is 21.3 Å². The van der Waals surface area contributed by atoms with Crippen molar-refractivity contribution in [3.05, 3.63) is 54.1 Å². The molecule has 7 heteroatoms. The lowest BCUT2D eigenvalue weighted by Crippen LogP contribution is -2.40. The number of rotatable bonds is 8. The van der Waals surface area contributed by atoms with E-state index in [1.165, 1.54) is 0 Å². The van der Waals surface area contributed by atoms with E-state index in [4.69, 9.17) is 9.47 Å². The number of nitrogens with zero attached hydrogens (tertiary/aromatic N) is 1. The smallest absolute Gasteiger partial charge is 0.191 e. The second-order valence-corrected chi connectivity index (χ2v) is 7.41. The molecule has 0 amide bonds. The molecule has 2 rings (SSSR count). The zero-order valence-corrected chi connectivity index (χ0v) is 17.0. The second kappa shape index (κ2) is 10.6. The number of hydrogen-bond donors (Lipinski definition) is 2. The third-order valence-electron chi connectivity index (χ3n) is 4.07. The third kappa shape index (κ3) is 5.99. The highest BCUT2D eigenvalue weighted by Gasteiger charge is 2.14. The maximum atomic E-state index is 12.3.